The smallest absolute Gasteiger partial charge is 0.168 e. The first-order valence-corrected chi connectivity index (χ1v) is 6.88. The first-order chi connectivity index (χ1) is 8.97. The van der Waals surface area contributed by atoms with Crippen LogP contribution in [0.15, 0.2) is 40.9 Å². The standard InChI is InChI=1S/C15H11BrClFO/c1-9-2-5-13(16)12(6-9)15(19)7-10-3-4-11(17)8-14(10)18/h2-6,8H,7H2,1H3. The summed E-state index contributed by atoms with van der Waals surface area (Å²) in [6, 6.07) is 9.86. The Kier molecular flexibility index (Phi) is 4.38. The number of carbonyl (C=O) groups is 1. The Balaban J connectivity index is 2.28. The van der Waals surface area contributed by atoms with Crippen LogP contribution in [0, 0.1) is 12.7 Å². The molecule has 0 aliphatic carbocycles. The number of benzene rings is 2. The molecule has 0 radical (unpaired) electrons. The molecule has 2 aromatic rings. The molecule has 98 valence electrons. The van der Waals surface area contributed by atoms with Crippen LogP contribution < -0.4 is 0 Å². The van der Waals surface area contributed by atoms with Crippen molar-refractivity contribution < 1.29 is 9.18 Å². The number of ketones is 1. The second-order valence-electron chi connectivity index (χ2n) is 4.32. The van der Waals surface area contributed by atoms with Crippen molar-refractivity contribution in [3.8, 4) is 0 Å². The molecule has 0 saturated heterocycles. The van der Waals surface area contributed by atoms with Gasteiger partial charge >= 0.3 is 0 Å². The predicted molar refractivity (Wildman–Crippen MR) is 78.3 cm³/mol. The maximum absolute atomic E-state index is 13.7. The Morgan fingerprint density at radius 1 is 1.26 bits per heavy atom. The minimum absolute atomic E-state index is 0.0189. The molecule has 2 aromatic carbocycles. The summed E-state index contributed by atoms with van der Waals surface area (Å²) in [6.45, 7) is 1.91. The van der Waals surface area contributed by atoms with Gasteiger partial charge in [0.05, 0.1) is 0 Å². The van der Waals surface area contributed by atoms with Crippen molar-refractivity contribution in [2.24, 2.45) is 0 Å². The minimum Gasteiger partial charge on any atom is -0.294 e. The zero-order valence-corrected chi connectivity index (χ0v) is 12.6. The molecule has 0 saturated carbocycles. The van der Waals surface area contributed by atoms with Gasteiger partial charge in [0.1, 0.15) is 5.82 Å². The van der Waals surface area contributed by atoms with E-state index in [0.29, 0.717) is 16.1 Å². The van der Waals surface area contributed by atoms with Crippen LogP contribution in [0.5, 0.6) is 0 Å². The summed E-state index contributed by atoms with van der Waals surface area (Å²) in [6.07, 6.45) is 0.0189. The Bertz CT molecular complexity index is 640. The Morgan fingerprint density at radius 2 is 2.00 bits per heavy atom. The zero-order valence-electron chi connectivity index (χ0n) is 10.2. The van der Waals surface area contributed by atoms with Crippen LogP contribution in [-0.2, 0) is 6.42 Å². The number of hydrogen-bond acceptors (Lipinski definition) is 1. The summed E-state index contributed by atoms with van der Waals surface area (Å²) in [4.78, 5) is 12.2. The number of aryl methyl sites for hydroxylation is 1. The maximum atomic E-state index is 13.7. The van der Waals surface area contributed by atoms with Crippen molar-refractivity contribution >= 4 is 33.3 Å². The lowest BCUT2D eigenvalue weighted by atomic mass is 10.0. The van der Waals surface area contributed by atoms with E-state index in [1.165, 1.54) is 6.07 Å². The average Bonchev–Trinajstić information content (AvgIpc) is 2.35. The van der Waals surface area contributed by atoms with Crippen molar-refractivity contribution in [2.75, 3.05) is 0 Å². The summed E-state index contributed by atoms with van der Waals surface area (Å²) in [5.74, 6) is -0.582. The molecule has 4 heteroatoms. The summed E-state index contributed by atoms with van der Waals surface area (Å²) in [5, 5.41) is 0.324. The predicted octanol–water partition coefficient (Wildman–Crippen LogP) is 4.98. The lowest BCUT2D eigenvalue weighted by molar-refractivity contribution is 0.0991. The Morgan fingerprint density at radius 3 is 2.68 bits per heavy atom. The summed E-state index contributed by atoms with van der Waals surface area (Å²) >= 11 is 9.02. The minimum atomic E-state index is -0.454. The third kappa shape index (κ3) is 3.43. The van der Waals surface area contributed by atoms with Gasteiger partial charge in [-0.15, -0.1) is 0 Å². The average molecular weight is 342 g/mol. The van der Waals surface area contributed by atoms with Crippen molar-refractivity contribution in [2.45, 2.75) is 13.3 Å². The number of halogens is 3. The molecule has 0 aliphatic rings. The van der Waals surface area contributed by atoms with Crippen LogP contribution in [0.3, 0.4) is 0 Å². The van der Waals surface area contributed by atoms with Crippen molar-refractivity contribution in [3.05, 3.63) is 68.4 Å². The molecule has 0 amide bonds. The molecule has 2 rings (SSSR count). The van der Waals surface area contributed by atoms with Crippen molar-refractivity contribution in [3.63, 3.8) is 0 Å². The number of hydrogen-bond donors (Lipinski definition) is 0. The van der Waals surface area contributed by atoms with Gasteiger partial charge in [0.2, 0.25) is 0 Å². The molecule has 0 unspecified atom stereocenters. The largest absolute Gasteiger partial charge is 0.294 e. The van der Waals surface area contributed by atoms with Gasteiger partial charge in [-0.3, -0.25) is 4.79 Å². The van der Waals surface area contributed by atoms with E-state index in [0.717, 1.165) is 10.0 Å². The molecular formula is C15H11BrClFO. The van der Waals surface area contributed by atoms with Gasteiger partial charge in [-0.1, -0.05) is 45.2 Å². The van der Waals surface area contributed by atoms with E-state index >= 15 is 0 Å². The maximum Gasteiger partial charge on any atom is 0.168 e. The topological polar surface area (TPSA) is 17.1 Å². The molecular weight excluding hydrogens is 331 g/mol. The molecule has 0 fully saturated rings. The first-order valence-electron chi connectivity index (χ1n) is 5.70. The Hall–Kier alpha value is -1.19. The number of Topliss-reactive ketones (excluding diaryl/α,β-unsaturated/α-hetero) is 1. The van der Waals surface area contributed by atoms with Gasteiger partial charge in [-0.25, -0.2) is 4.39 Å². The third-order valence-electron chi connectivity index (χ3n) is 2.79. The van der Waals surface area contributed by atoms with Crippen LogP contribution >= 0.6 is 27.5 Å². The number of carbonyl (C=O) groups excluding carboxylic acids is 1. The first kappa shape index (κ1) is 14.2. The molecule has 0 atom stereocenters. The van der Waals surface area contributed by atoms with Crippen molar-refractivity contribution in [1.29, 1.82) is 0 Å². The van der Waals surface area contributed by atoms with Crippen molar-refractivity contribution in [1.82, 2.24) is 0 Å². The van der Waals surface area contributed by atoms with Gasteiger partial charge in [0, 0.05) is 21.5 Å². The van der Waals surface area contributed by atoms with E-state index in [1.807, 2.05) is 19.1 Å². The van der Waals surface area contributed by atoms with Crippen LogP contribution in [0.1, 0.15) is 21.5 Å². The van der Waals surface area contributed by atoms with Gasteiger partial charge < -0.3 is 0 Å². The molecule has 1 nitrogen and oxygen atoms in total. The third-order valence-corrected chi connectivity index (χ3v) is 3.71. The van der Waals surface area contributed by atoms with E-state index in [9.17, 15) is 9.18 Å². The Labute approximate surface area is 124 Å². The van der Waals surface area contributed by atoms with E-state index < -0.39 is 5.82 Å². The second kappa shape index (κ2) is 5.85. The highest BCUT2D eigenvalue weighted by atomic mass is 79.9. The number of rotatable bonds is 3. The highest BCUT2D eigenvalue weighted by molar-refractivity contribution is 9.10. The van der Waals surface area contributed by atoms with Crippen LogP contribution in [0.2, 0.25) is 5.02 Å². The van der Waals surface area contributed by atoms with Gasteiger partial charge in [-0.05, 0) is 36.8 Å². The zero-order chi connectivity index (χ0) is 14.0. The summed E-state index contributed by atoms with van der Waals surface area (Å²) in [5.41, 5.74) is 1.90. The molecule has 19 heavy (non-hydrogen) atoms. The molecule has 0 N–H and O–H groups in total. The summed E-state index contributed by atoms with van der Waals surface area (Å²) in [7, 11) is 0. The van der Waals surface area contributed by atoms with Crippen LogP contribution in [-0.4, -0.2) is 5.78 Å². The molecule has 0 aliphatic heterocycles. The highest BCUT2D eigenvalue weighted by Gasteiger charge is 2.13. The molecule has 0 bridgehead atoms. The molecule has 0 aromatic heterocycles. The molecule has 0 spiro atoms. The monoisotopic (exact) mass is 340 g/mol. The lowest BCUT2D eigenvalue weighted by Gasteiger charge is -2.06. The highest BCUT2D eigenvalue weighted by Crippen LogP contribution is 2.22. The quantitative estimate of drug-likeness (QED) is 0.720. The normalized spacial score (nSPS) is 10.5. The SMILES string of the molecule is Cc1ccc(Br)c(C(=O)Cc2ccc(Cl)cc2F)c1. The second-order valence-corrected chi connectivity index (χ2v) is 5.61. The van der Waals surface area contributed by atoms with E-state index in [2.05, 4.69) is 15.9 Å². The fraction of sp³-hybridized carbons (Fsp3) is 0.133. The van der Waals surface area contributed by atoms with E-state index in [1.54, 1.807) is 18.2 Å². The van der Waals surface area contributed by atoms with E-state index in [4.69, 9.17) is 11.6 Å². The summed E-state index contributed by atoms with van der Waals surface area (Å²) < 4.78 is 14.4. The van der Waals surface area contributed by atoms with Gasteiger partial charge in [-0.2, -0.15) is 0 Å². The molecule has 0 heterocycles. The fourth-order valence-electron chi connectivity index (χ4n) is 1.79. The van der Waals surface area contributed by atoms with Crippen LogP contribution in [0.4, 0.5) is 4.39 Å². The van der Waals surface area contributed by atoms with E-state index in [-0.39, 0.29) is 12.2 Å². The van der Waals surface area contributed by atoms with Gasteiger partial charge in [0.25, 0.3) is 0 Å². The van der Waals surface area contributed by atoms with Crippen LogP contribution in [0.25, 0.3) is 0 Å². The van der Waals surface area contributed by atoms with Gasteiger partial charge in [0.15, 0.2) is 5.78 Å². The fourth-order valence-corrected chi connectivity index (χ4v) is 2.41. The lowest BCUT2D eigenvalue weighted by Crippen LogP contribution is -2.06.